The maximum atomic E-state index is 10.8. The van der Waals surface area contributed by atoms with Gasteiger partial charge in [-0.1, -0.05) is 25.5 Å². The number of anilines is 2. The predicted octanol–water partition coefficient (Wildman–Crippen LogP) is 4.46. The Morgan fingerprint density at radius 2 is 1.71 bits per heavy atom. The second kappa shape index (κ2) is 9.50. The topological polar surface area (TPSA) is 61.6 Å². The Labute approximate surface area is 171 Å². The molecule has 0 amide bonds. The van der Waals surface area contributed by atoms with Gasteiger partial charge in [-0.25, -0.2) is 0 Å². The van der Waals surface area contributed by atoms with Crippen LogP contribution >= 0.6 is 12.2 Å². The normalized spacial score (nSPS) is 14.0. The van der Waals surface area contributed by atoms with E-state index in [0.717, 1.165) is 49.1 Å². The van der Waals surface area contributed by atoms with Crippen LogP contribution in [0.2, 0.25) is 0 Å². The van der Waals surface area contributed by atoms with E-state index < -0.39 is 0 Å². The Bertz CT molecular complexity index is 800. The van der Waals surface area contributed by atoms with Crippen LogP contribution in [0.3, 0.4) is 0 Å². The maximum absolute atomic E-state index is 10.8. The molecule has 2 aromatic carbocycles. The molecule has 0 radical (unpaired) electrons. The molecule has 0 unspecified atom stereocenters. The van der Waals surface area contributed by atoms with E-state index in [0.29, 0.717) is 0 Å². The van der Waals surface area contributed by atoms with Crippen LogP contribution in [0.25, 0.3) is 0 Å². The van der Waals surface area contributed by atoms with Crippen molar-refractivity contribution < 1.29 is 4.92 Å². The average molecular weight is 399 g/mol. The first-order valence-corrected chi connectivity index (χ1v) is 10.1. The number of unbranched alkanes of at least 4 members (excludes halogenated alkanes) is 1. The molecule has 0 atom stereocenters. The first-order chi connectivity index (χ1) is 13.6. The number of benzene rings is 2. The zero-order valence-electron chi connectivity index (χ0n) is 16.1. The van der Waals surface area contributed by atoms with Gasteiger partial charge in [0.15, 0.2) is 5.11 Å². The van der Waals surface area contributed by atoms with Crippen molar-refractivity contribution in [3.05, 3.63) is 64.2 Å². The van der Waals surface area contributed by atoms with Gasteiger partial charge in [0, 0.05) is 49.7 Å². The van der Waals surface area contributed by atoms with Crippen molar-refractivity contribution in [2.24, 2.45) is 0 Å². The highest BCUT2D eigenvalue weighted by atomic mass is 32.1. The fourth-order valence-electron chi connectivity index (χ4n) is 3.29. The molecule has 0 saturated carbocycles. The lowest BCUT2D eigenvalue weighted by Gasteiger charge is -2.37. The van der Waals surface area contributed by atoms with Crippen LogP contribution in [-0.4, -0.2) is 41.1 Å². The maximum Gasteiger partial charge on any atom is 0.269 e. The molecule has 148 valence electrons. The molecule has 7 heteroatoms. The summed E-state index contributed by atoms with van der Waals surface area (Å²) in [4.78, 5) is 14.8. The van der Waals surface area contributed by atoms with Gasteiger partial charge in [-0.15, -0.1) is 0 Å². The van der Waals surface area contributed by atoms with Crippen molar-refractivity contribution in [3.63, 3.8) is 0 Å². The van der Waals surface area contributed by atoms with Gasteiger partial charge < -0.3 is 15.1 Å². The fourth-order valence-corrected chi connectivity index (χ4v) is 3.59. The first kappa shape index (κ1) is 20.1. The van der Waals surface area contributed by atoms with E-state index in [-0.39, 0.29) is 10.6 Å². The molecule has 0 aliphatic carbocycles. The number of hydrogen-bond acceptors (Lipinski definition) is 4. The van der Waals surface area contributed by atoms with E-state index in [1.54, 1.807) is 12.1 Å². The van der Waals surface area contributed by atoms with Crippen molar-refractivity contribution in [3.8, 4) is 0 Å². The standard InChI is InChI=1S/C21H26N4O2S/c1-2-3-4-17-5-7-18(8-6-17)22-21(28)24-15-13-23(14-16-24)19-9-11-20(12-10-19)25(26)27/h5-12H,2-4,13-16H2,1H3,(H,22,28). The van der Waals surface area contributed by atoms with Gasteiger partial charge in [-0.3, -0.25) is 10.1 Å². The molecule has 1 fully saturated rings. The van der Waals surface area contributed by atoms with E-state index in [1.807, 2.05) is 12.1 Å². The van der Waals surface area contributed by atoms with Crippen LogP contribution in [-0.2, 0) is 6.42 Å². The molecule has 1 aliphatic heterocycles. The summed E-state index contributed by atoms with van der Waals surface area (Å²) >= 11 is 5.58. The van der Waals surface area contributed by atoms with Crippen LogP contribution in [0.15, 0.2) is 48.5 Å². The van der Waals surface area contributed by atoms with Crippen molar-refractivity contribution in [1.29, 1.82) is 0 Å². The summed E-state index contributed by atoms with van der Waals surface area (Å²) in [5.74, 6) is 0. The molecule has 6 nitrogen and oxygen atoms in total. The third kappa shape index (κ3) is 5.19. The molecule has 28 heavy (non-hydrogen) atoms. The second-order valence-electron chi connectivity index (χ2n) is 6.98. The van der Waals surface area contributed by atoms with Crippen molar-refractivity contribution in [2.45, 2.75) is 26.2 Å². The molecule has 0 aromatic heterocycles. The predicted molar refractivity (Wildman–Crippen MR) is 118 cm³/mol. The first-order valence-electron chi connectivity index (χ1n) is 9.71. The van der Waals surface area contributed by atoms with Gasteiger partial charge in [0.2, 0.25) is 0 Å². The summed E-state index contributed by atoms with van der Waals surface area (Å²) in [5, 5.41) is 14.9. The minimum Gasteiger partial charge on any atom is -0.368 e. The molecule has 1 N–H and O–H groups in total. The van der Waals surface area contributed by atoms with Gasteiger partial charge in [0.05, 0.1) is 4.92 Å². The van der Waals surface area contributed by atoms with Gasteiger partial charge in [-0.05, 0) is 54.9 Å². The van der Waals surface area contributed by atoms with Crippen LogP contribution in [0.1, 0.15) is 25.3 Å². The van der Waals surface area contributed by atoms with Crippen molar-refractivity contribution in [2.75, 3.05) is 36.4 Å². The van der Waals surface area contributed by atoms with Gasteiger partial charge >= 0.3 is 0 Å². The number of non-ortho nitro benzene ring substituents is 1. The lowest BCUT2D eigenvalue weighted by molar-refractivity contribution is -0.384. The Morgan fingerprint density at radius 3 is 2.29 bits per heavy atom. The van der Waals surface area contributed by atoms with Crippen LogP contribution < -0.4 is 10.2 Å². The van der Waals surface area contributed by atoms with Gasteiger partial charge in [0.1, 0.15) is 0 Å². The molecular formula is C21H26N4O2S. The van der Waals surface area contributed by atoms with Gasteiger partial charge in [-0.2, -0.15) is 0 Å². The summed E-state index contributed by atoms with van der Waals surface area (Å²) in [6.45, 7) is 5.50. The Balaban J connectivity index is 1.50. The SMILES string of the molecule is CCCCc1ccc(NC(=S)N2CCN(c3ccc([N+](=O)[O-])cc3)CC2)cc1. The summed E-state index contributed by atoms with van der Waals surface area (Å²) in [7, 11) is 0. The third-order valence-electron chi connectivity index (χ3n) is 5.02. The smallest absolute Gasteiger partial charge is 0.269 e. The highest BCUT2D eigenvalue weighted by molar-refractivity contribution is 7.80. The van der Waals surface area contributed by atoms with Crippen LogP contribution in [0, 0.1) is 10.1 Å². The lowest BCUT2D eigenvalue weighted by Crippen LogP contribution is -2.50. The monoisotopic (exact) mass is 398 g/mol. The van der Waals surface area contributed by atoms with Crippen molar-refractivity contribution in [1.82, 2.24) is 4.90 Å². The Hall–Kier alpha value is -2.67. The molecule has 1 heterocycles. The molecule has 0 bridgehead atoms. The zero-order chi connectivity index (χ0) is 19.9. The minimum atomic E-state index is -0.373. The van der Waals surface area contributed by atoms with E-state index >= 15 is 0 Å². The number of nitrogens with one attached hydrogen (secondary N) is 1. The number of nitrogens with zero attached hydrogens (tertiary/aromatic N) is 3. The molecule has 0 spiro atoms. The number of thiocarbonyl (C=S) groups is 1. The molecule has 2 aromatic rings. The molecule has 1 saturated heterocycles. The number of nitro groups is 1. The van der Waals surface area contributed by atoms with E-state index in [1.165, 1.54) is 18.4 Å². The van der Waals surface area contributed by atoms with Crippen molar-refractivity contribution >= 4 is 34.4 Å². The summed E-state index contributed by atoms with van der Waals surface area (Å²) < 4.78 is 0. The molecule has 1 aliphatic rings. The summed E-state index contributed by atoms with van der Waals surface area (Å²) in [5.41, 5.74) is 3.50. The average Bonchev–Trinajstić information content (AvgIpc) is 2.73. The van der Waals surface area contributed by atoms with E-state index in [9.17, 15) is 10.1 Å². The van der Waals surface area contributed by atoms with Gasteiger partial charge in [0.25, 0.3) is 5.69 Å². The highest BCUT2D eigenvalue weighted by Gasteiger charge is 2.19. The molecular weight excluding hydrogens is 372 g/mol. The Morgan fingerprint density at radius 1 is 1.07 bits per heavy atom. The molecule has 3 rings (SSSR count). The largest absolute Gasteiger partial charge is 0.368 e. The summed E-state index contributed by atoms with van der Waals surface area (Å²) in [6, 6.07) is 15.2. The zero-order valence-corrected chi connectivity index (χ0v) is 17.0. The van der Waals surface area contributed by atoms with Crippen LogP contribution in [0.4, 0.5) is 17.1 Å². The van der Waals surface area contributed by atoms with E-state index in [4.69, 9.17) is 12.2 Å². The number of hydrogen-bond donors (Lipinski definition) is 1. The second-order valence-corrected chi connectivity index (χ2v) is 7.36. The quantitative estimate of drug-likeness (QED) is 0.440. The third-order valence-corrected chi connectivity index (χ3v) is 5.38. The number of piperazine rings is 1. The Kier molecular flexibility index (Phi) is 6.81. The number of nitro benzene ring substituents is 1. The minimum absolute atomic E-state index is 0.119. The lowest BCUT2D eigenvalue weighted by atomic mass is 10.1. The summed E-state index contributed by atoms with van der Waals surface area (Å²) in [6.07, 6.45) is 3.53. The highest BCUT2D eigenvalue weighted by Crippen LogP contribution is 2.21. The number of rotatable bonds is 6. The number of aryl methyl sites for hydroxylation is 1. The van der Waals surface area contributed by atoms with Crippen LogP contribution in [0.5, 0.6) is 0 Å². The fraction of sp³-hybridized carbons (Fsp3) is 0.381. The van der Waals surface area contributed by atoms with E-state index in [2.05, 4.69) is 46.3 Å².